The maximum absolute atomic E-state index is 12.2. The Morgan fingerprint density at radius 3 is 2.47 bits per heavy atom. The van der Waals surface area contributed by atoms with E-state index in [-0.39, 0.29) is 11.8 Å². The summed E-state index contributed by atoms with van der Waals surface area (Å²) < 4.78 is 0.844. The average molecular weight is 295 g/mol. The second kappa shape index (κ2) is 5.83. The SMILES string of the molecule is CC(C)C(C#N)C(=O)N(C)c1ccccc1Br. The number of hydrogen-bond donors (Lipinski definition) is 0. The molecule has 0 spiro atoms. The predicted molar refractivity (Wildman–Crippen MR) is 71.5 cm³/mol. The van der Waals surface area contributed by atoms with Crippen LogP contribution in [0.1, 0.15) is 13.8 Å². The normalized spacial score (nSPS) is 12.0. The van der Waals surface area contributed by atoms with Crippen molar-refractivity contribution in [2.45, 2.75) is 13.8 Å². The summed E-state index contributed by atoms with van der Waals surface area (Å²) in [6, 6.07) is 9.53. The molecule has 1 unspecified atom stereocenters. The van der Waals surface area contributed by atoms with Crippen molar-refractivity contribution in [3.63, 3.8) is 0 Å². The molecule has 1 rings (SSSR count). The molecule has 90 valence electrons. The molecular weight excluding hydrogens is 280 g/mol. The summed E-state index contributed by atoms with van der Waals surface area (Å²) in [5, 5.41) is 9.02. The van der Waals surface area contributed by atoms with Crippen LogP contribution in [0.5, 0.6) is 0 Å². The van der Waals surface area contributed by atoms with E-state index in [1.165, 1.54) is 4.90 Å². The highest BCUT2D eigenvalue weighted by Crippen LogP contribution is 2.26. The number of hydrogen-bond acceptors (Lipinski definition) is 2. The summed E-state index contributed by atoms with van der Waals surface area (Å²) in [4.78, 5) is 13.7. The van der Waals surface area contributed by atoms with Gasteiger partial charge in [0.05, 0.1) is 11.8 Å². The van der Waals surface area contributed by atoms with Gasteiger partial charge in [0, 0.05) is 11.5 Å². The minimum atomic E-state index is -0.605. The Morgan fingerprint density at radius 2 is 2.00 bits per heavy atom. The van der Waals surface area contributed by atoms with E-state index in [0.29, 0.717) is 0 Å². The molecule has 1 amide bonds. The van der Waals surface area contributed by atoms with Gasteiger partial charge in [0.15, 0.2) is 0 Å². The topological polar surface area (TPSA) is 44.1 Å². The number of rotatable bonds is 3. The highest BCUT2D eigenvalue weighted by Gasteiger charge is 2.26. The molecule has 1 aromatic rings. The number of amides is 1. The fourth-order valence-corrected chi connectivity index (χ4v) is 2.09. The number of benzene rings is 1. The number of para-hydroxylation sites is 1. The molecule has 1 atom stereocenters. The van der Waals surface area contributed by atoms with Crippen LogP contribution in [0.2, 0.25) is 0 Å². The highest BCUT2D eigenvalue weighted by molar-refractivity contribution is 9.10. The Kier molecular flexibility index (Phi) is 4.71. The summed E-state index contributed by atoms with van der Waals surface area (Å²) in [7, 11) is 1.69. The monoisotopic (exact) mass is 294 g/mol. The molecule has 4 heteroatoms. The van der Waals surface area contributed by atoms with Crippen molar-refractivity contribution < 1.29 is 4.79 Å². The van der Waals surface area contributed by atoms with Crippen LogP contribution in [0.25, 0.3) is 0 Å². The van der Waals surface area contributed by atoms with Gasteiger partial charge < -0.3 is 4.90 Å². The summed E-state index contributed by atoms with van der Waals surface area (Å²) in [5.41, 5.74) is 0.776. The molecule has 0 radical (unpaired) electrons. The third kappa shape index (κ3) is 3.07. The highest BCUT2D eigenvalue weighted by atomic mass is 79.9. The second-order valence-electron chi connectivity index (χ2n) is 4.20. The number of halogens is 1. The second-order valence-corrected chi connectivity index (χ2v) is 5.05. The first-order valence-corrected chi connectivity index (χ1v) is 6.20. The van der Waals surface area contributed by atoms with Gasteiger partial charge in [-0.05, 0) is 34.0 Å². The Hall–Kier alpha value is -1.34. The predicted octanol–water partition coefficient (Wildman–Crippen LogP) is 3.21. The van der Waals surface area contributed by atoms with Crippen LogP contribution >= 0.6 is 15.9 Å². The molecule has 0 N–H and O–H groups in total. The van der Waals surface area contributed by atoms with E-state index in [0.717, 1.165) is 10.2 Å². The fourth-order valence-electron chi connectivity index (χ4n) is 1.54. The molecule has 0 saturated heterocycles. The minimum absolute atomic E-state index is 0.0115. The van der Waals surface area contributed by atoms with Gasteiger partial charge in [-0.25, -0.2) is 0 Å². The summed E-state index contributed by atoms with van der Waals surface area (Å²) >= 11 is 3.40. The molecule has 0 bridgehead atoms. The van der Waals surface area contributed by atoms with E-state index in [2.05, 4.69) is 22.0 Å². The summed E-state index contributed by atoms with van der Waals surface area (Å²) in [6.45, 7) is 3.75. The first-order chi connectivity index (χ1) is 7.99. The smallest absolute Gasteiger partial charge is 0.244 e. The van der Waals surface area contributed by atoms with Gasteiger partial charge in [-0.1, -0.05) is 26.0 Å². The van der Waals surface area contributed by atoms with Gasteiger partial charge in [-0.2, -0.15) is 5.26 Å². The maximum atomic E-state index is 12.2. The van der Waals surface area contributed by atoms with Crippen molar-refractivity contribution in [1.82, 2.24) is 0 Å². The zero-order valence-corrected chi connectivity index (χ0v) is 11.7. The summed E-state index contributed by atoms with van der Waals surface area (Å²) in [6.07, 6.45) is 0. The molecule has 0 saturated carbocycles. The van der Waals surface area contributed by atoms with Gasteiger partial charge >= 0.3 is 0 Å². The lowest BCUT2D eigenvalue weighted by Crippen LogP contribution is -2.34. The number of nitrogens with zero attached hydrogens (tertiary/aromatic N) is 2. The molecule has 0 aliphatic rings. The van der Waals surface area contributed by atoms with E-state index in [4.69, 9.17) is 5.26 Å². The first-order valence-electron chi connectivity index (χ1n) is 5.40. The Labute approximate surface area is 110 Å². The van der Waals surface area contributed by atoms with E-state index >= 15 is 0 Å². The van der Waals surface area contributed by atoms with E-state index in [1.807, 2.05) is 38.1 Å². The molecule has 3 nitrogen and oxygen atoms in total. The van der Waals surface area contributed by atoms with Crippen LogP contribution in [0.4, 0.5) is 5.69 Å². The molecule has 0 aromatic heterocycles. The van der Waals surface area contributed by atoms with E-state index < -0.39 is 5.92 Å². The van der Waals surface area contributed by atoms with Crippen LogP contribution in [0.15, 0.2) is 28.7 Å². The standard InChI is InChI=1S/C13H15BrN2O/c1-9(2)10(8-15)13(17)16(3)12-7-5-4-6-11(12)14/h4-7,9-10H,1-3H3. The molecule has 0 aliphatic carbocycles. The largest absolute Gasteiger partial charge is 0.313 e. The van der Waals surface area contributed by atoms with Gasteiger partial charge in [0.2, 0.25) is 5.91 Å². The van der Waals surface area contributed by atoms with Crippen LogP contribution < -0.4 is 4.90 Å². The van der Waals surface area contributed by atoms with E-state index in [9.17, 15) is 4.79 Å². The minimum Gasteiger partial charge on any atom is -0.313 e. The molecule has 0 fully saturated rings. The number of carbonyl (C=O) groups excluding carboxylic acids is 1. The molecule has 1 aromatic carbocycles. The lowest BCUT2D eigenvalue weighted by molar-refractivity contribution is -0.121. The van der Waals surface area contributed by atoms with Gasteiger partial charge in [0.25, 0.3) is 0 Å². The number of anilines is 1. The van der Waals surface area contributed by atoms with Crippen molar-refractivity contribution in [1.29, 1.82) is 5.26 Å². The third-order valence-electron chi connectivity index (χ3n) is 2.62. The Balaban J connectivity index is 2.99. The van der Waals surface area contributed by atoms with Gasteiger partial charge in [-0.3, -0.25) is 4.79 Å². The molecule has 0 heterocycles. The number of carbonyl (C=O) groups is 1. The lowest BCUT2D eigenvalue weighted by Gasteiger charge is -2.22. The fraction of sp³-hybridized carbons (Fsp3) is 0.385. The van der Waals surface area contributed by atoms with Gasteiger partial charge in [0.1, 0.15) is 5.92 Å². The van der Waals surface area contributed by atoms with Crippen molar-refractivity contribution in [3.8, 4) is 6.07 Å². The third-order valence-corrected chi connectivity index (χ3v) is 3.29. The summed E-state index contributed by atoms with van der Waals surface area (Å²) in [5.74, 6) is -0.765. The molecule has 17 heavy (non-hydrogen) atoms. The molecule has 0 aliphatic heterocycles. The number of nitriles is 1. The van der Waals surface area contributed by atoms with Crippen LogP contribution in [-0.4, -0.2) is 13.0 Å². The van der Waals surface area contributed by atoms with Gasteiger partial charge in [-0.15, -0.1) is 0 Å². The zero-order chi connectivity index (χ0) is 13.0. The van der Waals surface area contributed by atoms with Crippen LogP contribution in [0, 0.1) is 23.2 Å². The quantitative estimate of drug-likeness (QED) is 0.859. The van der Waals surface area contributed by atoms with Crippen LogP contribution in [-0.2, 0) is 4.79 Å². The van der Waals surface area contributed by atoms with E-state index in [1.54, 1.807) is 7.05 Å². The maximum Gasteiger partial charge on any atom is 0.244 e. The van der Waals surface area contributed by atoms with Crippen molar-refractivity contribution in [2.75, 3.05) is 11.9 Å². The van der Waals surface area contributed by atoms with Crippen molar-refractivity contribution >= 4 is 27.5 Å². The van der Waals surface area contributed by atoms with Crippen LogP contribution in [0.3, 0.4) is 0 Å². The Morgan fingerprint density at radius 1 is 1.41 bits per heavy atom. The zero-order valence-electron chi connectivity index (χ0n) is 10.1. The first kappa shape index (κ1) is 13.7. The lowest BCUT2D eigenvalue weighted by atomic mass is 9.96. The van der Waals surface area contributed by atoms with Crippen molar-refractivity contribution in [2.24, 2.45) is 11.8 Å². The molecular formula is C13H15BrN2O. The Bertz CT molecular complexity index is 451. The average Bonchev–Trinajstić information content (AvgIpc) is 2.29. The van der Waals surface area contributed by atoms with Crippen molar-refractivity contribution in [3.05, 3.63) is 28.7 Å².